The number of aliphatic carboxylic acids is 1. The molecule has 6 nitrogen and oxygen atoms in total. The second-order valence-corrected chi connectivity index (χ2v) is 7.50. The molecule has 1 amide bonds. The minimum Gasteiger partial charge on any atom is -0.481 e. The fourth-order valence-electron chi connectivity index (χ4n) is 2.04. The topological polar surface area (TPSA) is 91.8 Å². The number of hydrogen-bond donors (Lipinski definition) is 1. The summed E-state index contributed by atoms with van der Waals surface area (Å²) in [5.74, 6) is -2.03. The van der Waals surface area contributed by atoms with Crippen LogP contribution in [0.1, 0.15) is 6.42 Å². The number of carbonyl (C=O) groups excluding carboxylic acids is 1. The molecule has 0 radical (unpaired) electrons. The van der Waals surface area contributed by atoms with E-state index in [1.54, 1.807) is 0 Å². The summed E-state index contributed by atoms with van der Waals surface area (Å²) in [6.07, 6.45) is 1.05. The van der Waals surface area contributed by atoms with Gasteiger partial charge in [0.2, 0.25) is 5.91 Å². The first-order valence-corrected chi connectivity index (χ1v) is 8.41. The van der Waals surface area contributed by atoms with Crippen LogP contribution in [-0.2, 0) is 19.4 Å². The Bertz CT molecular complexity index is 685. The van der Waals surface area contributed by atoms with Crippen LogP contribution in [0.4, 0.5) is 5.69 Å². The van der Waals surface area contributed by atoms with Gasteiger partial charge in [0.05, 0.1) is 16.5 Å². The summed E-state index contributed by atoms with van der Waals surface area (Å²) in [4.78, 5) is 24.3. The van der Waals surface area contributed by atoms with Gasteiger partial charge in [-0.15, -0.1) is 0 Å². The third-order valence-electron chi connectivity index (χ3n) is 3.11. The number of carboxylic acid groups (broad SMARTS) is 1. The van der Waals surface area contributed by atoms with Gasteiger partial charge in [0.25, 0.3) is 0 Å². The average molecular weight is 362 g/mol. The zero-order valence-corrected chi connectivity index (χ0v) is 12.9. The fourth-order valence-corrected chi connectivity index (χ4v) is 3.43. The van der Waals surface area contributed by atoms with E-state index in [1.807, 2.05) is 0 Å². The molecule has 0 saturated carbocycles. The average Bonchev–Trinajstić information content (AvgIpc) is 2.70. The summed E-state index contributed by atoms with van der Waals surface area (Å²) in [5, 5.41) is 8.95. The number of amides is 1. The lowest BCUT2D eigenvalue weighted by Gasteiger charge is -2.18. The lowest BCUT2D eigenvalue weighted by atomic mass is 10.1. The molecule has 0 bridgehead atoms. The van der Waals surface area contributed by atoms with Gasteiger partial charge < -0.3 is 10.0 Å². The number of sulfone groups is 1. The Labute approximate surface area is 124 Å². The molecule has 0 aromatic heterocycles. The molecule has 1 N–H and O–H groups in total. The highest BCUT2D eigenvalue weighted by Crippen LogP contribution is 2.33. The lowest BCUT2D eigenvalue weighted by Crippen LogP contribution is -2.26. The molecule has 1 aliphatic rings. The molecule has 1 unspecified atom stereocenters. The van der Waals surface area contributed by atoms with Gasteiger partial charge in [0.1, 0.15) is 0 Å². The summed E-state index contributed by atoms with van der Waals surface area (Å²) >= 11 is 3.23. The van der Waals surface area contributed by atoms with E-state index >= 15 is 0 Å². The summed E-state index contributed by atoms with van der Waals surface area (Å²) in [7, 11) is -3.33. The zero-order chi connectivity index (χ0) is 15.1. The Morgan fingerprint density at radius 3 is 2.55 bits per heavy atom. The van der Waals surface area contributed by atoms with Crippen molar-refractivity contribution in [2.75, 3.05) is 17.7 Å². The summed E-state index contributed by atoms with van der Waals surface area (Å²) < 4.78 is 23.3. The fraction of sp³-hybridized carbons (Fsp3) is 0.333. The van der Waals surface area contributed by atoms with Crippen molar-refractivity contribution in [3.63, 3.8) is 0 Å². The maximum atomic E-state index is 11.8. The molecule has 1 saturated heterocycles. The second-order valence-electron chi connectivity index (χ2n) is 4.63. The SMILES string of the molecule is CS(=O)(=O)c1ccc(N2CC(C(=O)O)CC2=O)c(Br)c1. The number of hydrogen-bond acceptors (Lipinski definition) is 4. The van der Waals surface area contributed by atoms with Gasteiger partial charge in [-0.2, -0.15) is 0 Å². The molecule has 8 heteroatoms. The monoisotopic (exact) mass is 361 g/mol. The first-order valence-electron chi connectivity index (χ1n) is 5.73. The number of nitrogens with zero attached hydrogens (tertiary/aromatic N) is 1. The lowest BCUT2D eigenvalue weighted by molar-refractivity contribution is -0.141. The number of carboxylic acids is 1. The van der Waals surface area contributed by atoms with Crippen molar-refractivity contribution in [2.45, 2.75) is 11.3 Å². The quantitative estimate of drug-likeness (QED) is 0.875. The molecular formula is C12H12BrNO5S. The Hall–Kier alpha value is -1.41. The highest BCUT2D eigenvalue weighted by molar-refractivity contribution is 9.10. The normalized spacial score (nSPS) is 19.4. The van der Waals surface area contributed by atoms with E-state index in [2.05, 4.69) is 15.9 Å². The largest absolute Gasteiger partial charge is 0.481 e. The number of carbonyl (C=O) groups is 2. The van der Waals surface area contributed by atoms with Crippen molar-refractivity contribution in [3.05, 3.63) is 22.7 Å². The van der Waals surface area contributed by atoms with Crippen LogP contribution < -0.4 is 4.90 Å². The van der Waals surface area contributed by atoms with Gasteiger partial charge in [-0.1, -0.05) is 0 Å². The van der Waals surface area contributed by atoms with Crippen LogP contribution >= 0.6 is 15.9 Å². The highest BCUT2D eigenvalue weighted by atomic mass is 79.9. The molecule has 1 aliphatic heterocycles. The minimum absolute atomic E-state index is 0.0460. The molecule has 2 rings (SSSR count). The minimum atomic E-state index is -3.33. The first kappa shape index (κ1) is 15.0. The van der Waals surface area contributed by atoms with Crippen molar-refractivity contribution in [1.29, 1.82) is 0 Å². The van der Waals surface area contributed by atoms with Gasteiger partial charge in [-0.05, 0) is 34.1 Å². The van der Waals surface area contributed by atoms with E-state index in [0.29, 0.717) is 10.2 Å². The van der Waals surface area contributed by atoms with Crippen molar-refractivity contribution in [3.8, 4) is 0 Å². The van der Waals surface area contributed by atoms with Gasteiger partial charge in [0.15, 0.2) is 9.84 Å². The maximum absolute atomic E-state index is 11.8. The smallest absolute Gasteiger partial charge is 0.308 e. The number of anilines is 1. The van der Waals surface area contributed by atoms with Crippen LogP contribution in [0.25, 0.3) is 0 Å². The first-order chi connectivity index (χ1) is 9.20. The van der Waals surface area contributed by atoms with E-state index < -0.39 is 21.7 Å². The van der Waals surface area contributed by atoms with E-state index in [0.717, 1.165) is 6.26 Å². The molecule has 1 aromatic carbocycles. The third-order valence-corrected chi connectivity index (χ3v) is 4.86. The highest BCUT2D eigenvalue weighted by Gasteiger charge is 2.35. The van der Waals surface area contributed by atoms with E-state index in [9.17, 15) is 18.0 Å². The van der Waals surface area contributed by atoms with Gasteiger partial charge in [0, 0.05) is 23.7 Å². The molecule has 1 atom stereocenters. The van der Waals surface area contributed by atoms with Crippen LogP contribution in [-0.4, -0.2) is 38.2 Å². The van der Waals surface area contributed by atoms with Gasteiger partial charge >= 0.3 is 5.97 Å². The van der Waals surface area contributed by atoms with Crippen molar-refractivity contribution in [2.24, 2.45) is 5.92 Å². The molecule has 1 heterocycles. The number of halogens is 1. The van der Waals surface area contributed by atoms with Crippen molar-refractivity contribution < 1.29 is 23.1 Å². The van der Waals surface area contributed by atoms with Gasteiger partial charge in [-0.25, -0.2) is 8.42 Å². The molecular weight excluding hydrogens is 350 g/mol. The Balaban J connectivity index is 2.35. The van der Waals surface area contributed by atoms with Crippen LogP contribution in [0.2, 0.25) is 0 Å². The molecule has 108 valence electrons. The standard InChI is InChI=1S/C12H12BrNO5S/c1-20(18,19)8-2-3-10(9(13)5-8)14-6-7(12(16)17)4-11(14)15/h2-3,5,7H,4,6H2,1H3,(H,16,17). The van der Waals surface area contributed by atoms with Crippen molar-refractivity contribution >= 4 is 43.3 Å². The Kier molecular flexibility index (Phi) is 3.88. The van der Waals surface area contributed by atoms with E-state index in [1.165, 1.54) is 23.1 Å². The van der Waals surface area contributed by atoms with Crippen LogP contribution in [0.3, 0.4) is 0 Å². The second kappa shape index (κ2) is 5.17. The Morgan fingerprint density at radius 1 is 1.45 bits per heavy atom. The molecule has 0 aliphatic carbocycles. The molecule has 1 aromatic rings. The van der Waals surface area contributed by atoms with Crippen LogP contribution in [0, 0.1) is 5.92 Å². The zero-order valence-electron chi connectivity index (χ0n) is 10.5. The van der Waals surface area contributed by atoms with Gasteiger partial charge in [-0.3, -0.25) is 9.59 Å². The predicted octanol–water partition coefficient (Wildman–Crippen LogP) is 1.29. The summed E-state index contributed by atoms with van der Waals surface area (Å²) in [6, 6.07) is 4.31. The third kappa shape index (κ3) is 2.85. The number of rotatable bonds is 3. The maximum Gasteiger partial charge on any atom is 0.308 e. The number of benzene rings is 1. The predicted molar refractivity (Wildman–Crippen MR) is 75.3 cm³/mol. The van der Waals surface area contributed by atoms with E-state index in [-0.39, 0.29) is 23.8 Å². The van der Waals surface area contributed by atoms with Crippen LogP contribution in [0.5, 0.6) is 0 Å². The molecule has 1 fully saturated rings. The summed E-state index contributed by atoms with van der Waals surface area (Å²) in [6.45, 7) is 0.0883. The Morgan fingerprint density at radius 2 is 2.10 bits per heavy atom. The molecule has 0 spiro atoms. The molecule has 20 heavy (non-hydrogen) atoms. The summed E-state index contributed by atoms with van der Waals surface area (Å²) in [5.41, 5.74) is 0.478. The van der Waals surface area contributed by atoms with E-state index in [4.69, 9.17) is 5.11 Å². The van der Waals surface area contributed by atoms with Crippen LogP contribution in [0.15, 0.2) is 27.6 Å². The van der Waals surface area contributed by atoms with Crippen molar-refractivity contribution in [1.82, 2.24) is 0 Å².